The molecule has 1 atom stereocenters. The first-order valence-corrected chi connectivity index (χ1v) is 15.3. The molecule has 1 aliphatic rings. The minimum atomic E-state index is -1.70. The van der Waals surface area contributed by atoms with Crippen molar-refractivity contribution in [1.82, 2.24) is 0 Å². The van der Waals surface area contributed by atoms with E-state index in [1.165, 1.54) is 23.5 Å². The molecule has 0 N–H and O–H groups in total. The first kappa shape index (κ1) is 24.1. The molecule has 0 spiro atoms. The quantitative estimate of drug-likeness (QED) is 0.382. The zero-order chi connectivity index (χ0) is 20.6. The topological polar surface area (TPSA) is 27.7 Å². The molecule has 0 radical (unpaired) electrons. The third kappa shape index (κ3) is 7.94. The molecule has 3 nitrogen and oxygen atoms in total. The Bertz CT molecular complexity index is 566. The largest absolute Gasteiger partial charge is 0.497 e. The number of methoxy groups -OCH3 is 1. The first-order valence-electron chi connectivity index (χ1n) is 10.3. The molecule has 1 aliphatic heterocycles. The minimum Gasteiger partial charge on any atom is -0.497 e. The third-order valence-corrected chi connectivity index (χ3v) is 13.2. The molecule has 1 heterocycles. The molecule has 160 valence electrons. The Morgan fingerprint density at radius 1 is 1.11 bits per heavy atom. The van der Waals surface area contributed by atoms with Gasteiger partial charge in [-0.25, -0.2) is 0 Å². The molecule has 1 aromatic carbocycles. The van der Waals surface area contributed by atoms with E-state index in [9.17, 15) is 0 Å². The number of thioether (sulfide) groups is 2. The Hall–Kier alpha value is -0.143. The lowest BCUT2D eigenvalue weighted by molar-refractivity contribution is 0.0227. The zero-order valence-corrected chi connectivity index (χ0v) is 21.1. The van der Waals surface area contributed by atoms with Crippen molar-refractivity contribution < 1.29 is 13.9 Å². The second-order valence-corrected chi connectivity index (χ2v) is 16.7. The molecule has 0 unspecified atom stereocenters. The first-order chi connectivity index (χ1) is 13.2. The summed E-state index contributed by atoms with van der Waals surface area (Å²) >= 11 is 4.19. The maximum atomic E-state index is 6.42. The van der Waals surface area contributed by atoms with Gasteiger partial charge in [0.25, 0.3) is 0 Å². The van der Waals surface area contributed by atoms with E-state index >= 15 is 0 Å². The molecule has 0 aliphatic carbocycles. The number of benzene rings is 1. The summed E-state index contributed by atoms with van der Waals surface area (Å²) in [6.07, 6.45) is 3.65. The Kier molecular flexibility index (Phi) is 9.74. The van der Waals surface area contributed by atoms with Crippen molar-refractivity contribution in [2.75, 3.05) is 25.2 Å². The van der Waals surface area contributed by atoms with Gasteiger partial charge in [-0.3, -0.25) is 0 Å². The van der Waals surface area contributed by atoms with Crippen LogP contribution < -0.4 is 4.74 Å². The number of rotatable bonds is 10. The van der Waals surface area contributed by atoms with Crippen LogP contribution in [-0.2, 0) is 15.8 Å². The molecular formula is C22H38O3S2Si. The van der Waals surface area contributed by atoms with Crippen molar-refractivity contribution >= 4 is 31.8 Å². The molecule has 1 saturated heterocycles. The van der Waals surface area contributed by atoms with Gasteiger partial charge in [0.05, 0.1) is 24.4 Å². The molecule has 6 heteroatoms. The van der Waals surface area contributed by atoms with Gasteiger partial charge in [0, 0.05) is 6.61 Å². The van der Waals surface area contributed by atoms with Gasteiger partial charge in [-0.05, 0) is 66.6 Å². The van der Waals surface area contributed by atoms with Crippen LogP contribution in [0.25, 0.3) is 0 Å². The fourth-order valence-corrected chi connectivity index (χ4v) is 6.81. The Morgan fingerprint density at radius 2 is 1.75 bits per heavy atom. The van der Waals surface area contributed by atoms with Gasteiger partial charge in [0.1, 0.15) is 5.75 Å². The van der Waals surface area contributed by atoms with Crippen molar-refractivity contribution in [2.45, 2.75) is 75.5 Å². The van der Waals surface area contributed by atoms with Crippen LogP contribution in [0, 0.1) is 0 Å². The fourth-order valence-electron chi connectivity index (χ4n) is 2.75. The summed E-state index contributed by atoms with van der Waals surface area (Å²) in [5.74, 6) is 3.45. The average molecular weight is 443 g/mol. The molecule has 1 aromatic rings. The molecule has 2 rings (SSSR count). The highest BCUT2D eigenvalue weighted by atomic mass is 32.2. The Morgan fingerprint density at radius 3 is 2.32 bits per heavy atom. The highest BCUT2D eigenvalue weighted by Gasteiger charge is 2.37. The van der Waals surface area contributed by atoms with E-state index in [-0.39, 0.29) is 11.1 Å². The van der Waals surface area contributed by atoms with Crippen LogP contribution in [-0.4, -0.2) is 44.2 Å². The van der Waals surface area contributed by atoms with Crippen molar-refractivity contribution in [3.05, 3.63) is 29.8 Å². The standard InChI is InChI=1S/C22H38O3S2Si/c1-22(2,3)28(5,6)25-13-12-20(16-21-26-14-7-15-27-21)24-17-18-8-10-19(23-4)11-9-18/h8-11,20-21H,7,12-17H2,1-6H3/t20-/m0/s1. The van der Waals surface area contributed by atoms with Crippen molar-refractivity contribution in [2.24, 2.45) is 0 Å². The molecule has 0 aromatic heterocycles. The summed E-state index contributed by atoms with van der Waals surface area (Å²) in [5.41, 5.74) is 1.19. The fraction of sp³-hybridized carbons (Fsp3) is 0.727. The van der Waals surface area contributed by atoms with Gasteiger partial charge >= 0.3 is 0 Å². The van der Waals surface area contributed by atoms with E-state index in [1.807, 2.05) is 12.1 Å². The van der Waals surface area contributed by atoms with Gasteiger partial charge in [-0.2, -0.15) is 0 Å². The summed E-state index contributed by atoms with van der Waals surface area (Å²) in [6.45, 7) is 13.0. The van der Waals surface area contributed by atoms with Crippen LogP contribution in [0.4, 0.5) is 0 Å². The number of hydrogen-bond donors (Lipinski definition) is 0. The maximum absolute atomic E-state index is 6.42. The zero-order valence-electron chi connectivity index (χ0n) is 18.5. The lowest BCUT2D eigenvalue weighted by atomic mass is 10.2. The normalized spacial score (nSPS) is 17.5. The SMILES string of the molecule is COc1ccc(CO[C@@H](CCO[Si](C)(C)C(C)(C)C)CC2SCCCS2)cc1. The summed E-state index contributed by atoms with van der Waals surface area (Å²) in [6, 6.07) is 8.18. The van der Waals surface area contributed by atoms with Gasteiger partial charge in [0.15, 0.2) is 8.32 Å². The second kappa shape index (κ2) is 11.3. The second-order valence-electron chi connectivity index (χ2n) is 8.94. The van der Waals surface area contributed by atoms with Crippen LogP contribution in [0.1, 0.15) is 45.6 Å². The third-order valence-electron chi connectivity index (χ3n) is 5.71. The highest BCUT2D eigenvalue weighted by molar-refractivity contribution is 8.17. The summed E-state index contributed by atoms with van der Waals surface area (Å²) in [4.78, 5) is 0. The van der Waals surface area contributed by atoms with E-state index in [1.54, 1.807) is 7.11 Å². The van der Waals surface area contributed by atoms with Crippen LogP contribution in [0.5, 0.6) is 5.75 Å². The summed E-state index contributed by atoms with van der Waals surface area (Å²) in [5, 5.41) is 0.252. The predicted molar refractivity (Wildman–Crippen MR) is 127 cm³/mol. The molecule has 28 heavy (non-hydrogen) atoms. The minimum absolute atomic E-state index is 0.245. The van der Waals surface area contributed by atoms with E-state index < -0.39 is 8.32 Å². The monoisotopic (exact) mass is 442 g/mol. The van der Waals surface area contributed by atoms with E-state index in [4.69, 9.17) is 13.9 Å². The molecule has 0 saturated carbocycles. The van der Waals surface area contributed by atoms with Crippen LogP contribution in [0.3, 0.4) is 0 Å². The van der Waals surface area contributed by atoms with E-state index in [2.05, 4.69) is 69.5 Å². The maximum Gasteiger partial charge on any atom is 0.191 e. The molecular weight excluding hydrogens is 404 g/mol. The summed E-state index contributed by atoms with van der Waals surface area (Å²) < 4.78 is 18.7. The Balaban J connectivity index is 1.89. The summed E-state index contributed by atoms with van der Waals surface area (Å²) in [7, 11) is -0.00346. The van der Waals surface area contributed by atoms with Crippen LogP contribution in [0.15, 0.2) is 24.3 Å². The number of ether oxygens (including phenoxy) is 2. The Labute approximate surface area is 181 Å². The van der Waals surface area contributed by atoms with Gasteiger partial charge in [-0.15, -0.1) is 23.5 Å². The lowest BCUT2D eigenvalue weighted by Gasteiger charge is -2.36. The predicted octanol–water partition coefficient (Wildman–Crippen LogP) is 6.58. The smallest absolute Gasteiger partial charge is 0.191 e. The van der Waals surface area contributed by atoms with Gasteiger partial charge in [-0.1, -0.05) is 32.9 Å². The number of hydrogen-bond acceptors (Lipinski definition) is 5. The van der Waals surface area contributed by atoms with E-state index in [0.717, 1.165) is 25.2 Å². The lowest BCUT2D eigenvalue weighted by Crippen LogP contribution is -2.41. The average Bonchev–Trinajstić information content (AvgIpc) is 2.66. The van der Waals surface area contributed by atoms with Crippen molar-refractivity contribution in [3.63, 3.8) is 0 Å². The van der Waals surface area contributed by atoms with Crippen LogP contribution >= 0.6 is 23.5 Å². The van der Waals surface area contributed by atoms with E-state index in [0.29, 0.717) is 11.2 Å². The molecule has 1 fully saturated rings. The van der Waals surface area contributed by atoms with Gasteiger partial charge in [0.2, 0.25) is 0 Å². The van der Waals surface area contributed by atoms with Crippen molar-refractivity contribution in [1.29, 1.82) is 0 Å². The molecule has 0 bridgehead atoms. The van der Waals surface area contributed by atoms with Crippen molar-refractivity contribution in [3.8, 4) is 5.75 Å². The highest BCUT2D eigenvalue weighted by Crippen LogP contribution is 2.37. The van der Waals surface area contributed by atoms with Crippen LogP contribution in [0.2, 0.25) is 18.1 Å². The molecule has 0 amide bonds. The van der Waals surface area contributed by atoms with Gasteiger partial charge < -0.3 is 13.9 Å².